The van der Waals surface area contributed by atoms with Gasteiger partial charge < -0.3 is 75.8 Å². The molecule has 1 aliphatic carbocycles. The van der Waals surface area contributed by atoms with Gasteiger partial charge in [0.1, 0.15) is 46.0 Å². The molecule has 100 heavy (non-hydrogen) atoms. The first kappa shape index (κ1) is 84.6. The lowest BCUT2D eigenvalue weighted by Crippen LogP contribution is -2.21. The second-order valence-corrected chi connectivity index (χ2v) is 26.3. The Labute approximate surface area is 639 Å². The number of hydrogen-bond donors (Lipinski definition) is 0. The van der Waals surface area contributed by atoms with Gasteiger partial charge in [-0.05, 0) is 149 Å². The van der Waals surface area contributed by atoms with Crippen LogP contribution in [0.5, 0.6) is 46.0 Å². The first-order chi connectivity index (χ1) is 48.4. The number of benzene rings is 4. The Morgan fingerprint density at radius 1 is 0.240 bits per heavy atom. The highest BCUT2D eigenvalue weighted by molar-refractivity contribution is 14.1. The maximum Gasteiger partial charge on any atom is 0.344 e. The molecule has 5 rings (SSSR count). The molecule has 0 unspecified atom stereocenters. The molecule has 0 N–H and O–H groups in total. The molecule has 0 aliphatic heterocycles. The molecule has 0 amide bonds. The average molecular weight is 1850 g/mol. The Morgan fingerprint density at radius 2 is 0.370 bits per heavy atom. The minimum atomic E-state index is -0.816. The fourth-order valence-electron chi connectivity index (χ4n) is 11.3. The summed E-state index contributed by atoms with van der Waals surface area (Å²) in [6, 6.07) is 14.1. The van der Waals surface area contributed by atoms with E-state index in [1.165, 1.54) is 0 Å². The van der Waals surface area contributed by atoms with Crippen molar-refractivity contribution in [2.45, 2.75) is 130 Å². The number of halogens is 4. The first-order valence-corrected chi connectivity index (χ1v) is 39.7. The van der Waals surface area contributed by atoms with Crippen molar-refractivity contribution in [3.05, 3.63) is 93.0 Å². The van der Waals surface area contributed by atoms with Gasteiger partial charge in [0, 0.05) is 92.4 Å². The molecular weight excluding hydrogens is 1760 g/mol. The zero-order valence-electron chi connectivity index (χ0n) is 58.0. The van der Waals surface area contributed by atoms with Crippen molar-refractivity contribution in [2.75, 3.05) is 123 Å². The van der Waals surface area contributed by atoms with E-state index < -0.39 is 124 Å². The van der Waals surface area contributed by atoms with Crippen molar-refractivity contribution < 1.29 is 114 Å². The smallest absolute Gasteiger partial charge is 0.344 e. The molecule has 0 radical (unpaired) electrons. The lowest BCUT2D eigenvalue weighted by atomic mass is 9.76. The Kier molecular flexibility index (Phi) is 39.4. The fourth-order valence-corrected chi connectivity index (χ4v) is 13.1. The summed E-state index contributed by atoms with van der Waals surface area (Å²) in [5.41, 5.74) is 3.80. The summed E-state index contributed by atoms with van der Waals surface area (Å²) in [6.07, 6.45) is 3.54. The minimum absolute atomic E-state index is 0.0421. The van der Waals surface area contributed by atoms with E-state index in [-0.39, 0.29) is 98.9 Å². The third kappa shape index (κ3) is 26.3. The van der Waals surface area contributed by atoms with Gasteiger partial charge in [-0.1, -0.05) is 90.4 Å². The maximum atomic E-state index is 13.6. The molecule has 0 spiro atoms. The molecule has 0 heterocycles. The van der Waals surface area contributed by atoms with Gasteiger partial charge in [-0.15, -0.1) is 0 Å². The number of carbonyl (C=O) groups excluding carboxylic acids is 8. The van der Waals surface area contributed by atoms with Crippen molar-refractivity contribution in [1.82, 2.24) is 0 Å². The summed E-state index contributed by atoms with van der Waals surface area (Å²) < 4.78 is 99.2. The zero-order valence-corrected chi connectivity index (χ0v) is 66.7. The van der Waals surface area contributed by atoms with Gasteiger partial charge in [0.15, 0.2) is 52.9 Å². The fraction of sp³-hybridized carbons (Fsp3) is 0.556. The molecule has 0 atom stereocenters. The average Bonchev–Trinajstić information content (AvgIpc) is 0.749. The Morgan fingerprint density at radius 3 is 0.480 bits per heavy atom. The van der Waals surface area contributed by atoms with Crippen LogP contribution in [-0.2, 0) is 76.3 Å². The normalized spacial score (nSPS) is 14.4. The van der Waals surface area contributed by atoms with Gasteiger partial charge in [-0.2, -0.15) is 0 Å². The van der Waals surface area contributed by atoms with E-state index in [1.807, 2.05) is 24.3 Å². The first-order valence-electron chi connectivity index (χ1n) is 33.6. The largest absolute Gasteiger partial charge is 0.481 e. The molecule has 552 valence electrons. The minimum Gasteiger partial charge on any atom is -0.481 e. The summed E-state index contributed by atoms with van der Waals surface area (Å²) in [5, 5.41) is 0. The number of rotatable bonds is 44. The Hall–Kier alpha value is -6.04. The summed E-state index contributed by atoms with van der Waals surface area (Å²) in [7, 11) is 0. The topological polar surface area (TPSA) is 284 Å². The maximum absolute atomic E-state index is 13.6. The van der Waals surface area contributed by atoms with Crippen LogP contribution in [0.4, 0.5) is 0 Å². The highest BCUT2D eigenvalue weighted by atomic mass is 127. The van der Waals surface area contributed by atoms with Crippen LogP contribution in [0.25, 0.3) is 0 Å². The van der Waals surface area contributed by atoms with Gasteiger partial charge in [0.2, 0.25) is 0 Å². The quantitative estimate of drug-likeness (QED) is 0.0172. The van der Waals surface area contributed by atoms with E-state index in [4.69, 9.17) is 75.8 Å². The number of hydrogen-bond acceptors (Lipinski definition) is 24. The lowest BCUT2D eigenvalue weighted by molar-refractivity contribution is -0.146. The highest BCUT2D eigenvalue weighted by Crippen LogP contribution is 2.54. The summed E-state index contributed by atoms with van der Waals surface area (Å²) in [4.78, 5) is 109. The van der Waals surface area contributed by atoms with Crippen molar-refractivity contribution in [3.63, 3.8) is 0 Å². The highest BCUT2D eigenvalue weighted by Gasteiger charge is 2.37. The number of fused-ring (bicyclic) bond motifs is 8. The molecule has 4 aromatic carbocycles. The van der Waals surface area contributed by atoms with Gasteiger partial charge in [0.05, 0.1) is 52.9 Å². The SMILES string of the molecule is CCOC(=O)COc1cc(OCC(=O)OCC)c2cc1C(CCCI)c1cc(c(OCC(=O)OCC)cc1OCC(=O)OCC)C(CCCI)c1cc(c(OCC(=O)OCC)cc1OCC(=O)OCC)C(CCCI)c1cc(c(OCC(=O)OCC)cc1OCC(=O)OCC)C2CCCI. The predicted molar refractivity (Wildman–Crippen MR) is 403 cm³/mol. The zero-order chi connectivity index (χ0) is 72.9. The molecule has 0 fully saturated rings. The third-order valence-corrected chi connectivity index (χ3v) is 18.3. The summed E-state index contributed by atoms with van der Waals surface area (Å²) >= 11 is 9.19. The van der Waals surface area contributed by atoms with Gasteiger partial charge in [-0.3, -0.25) is 0 Å². The second-order valence-electron chi connectivity index (χ2n) is 22.0. The van der Waals surface area contributed by atoms with Crippen LogP contribution in [0.3, 0.4) is 0 Å². The van der Waals surface area contributed by atoms with E-state index >= 15 is 0 Å². The van der Waals surface area contributed by atoms with Gasteiger partial charge >= 0.3 is 47.8 Å². The molecule has 24 nitrogen and oxygen atoms in total. The van der Waals surface area contributed by atoms with Crippen molar-refractivity contribution in [1.29, 1.82) is 0 Å². The van der Waals surface area contributed by atoms with Crippen LogP contribution >= 0.6 is 90.4 Å². The number of alkyl halides is 4. The third-order valence-electron chi connectivity index (χ3n) is 15.3. The number of carbonyl (C=O) groups is 8. The van der Waals surface area contributed by atoms with E-state index in [2.05, 4.69) is 90.4 Å². The van der Waals surface area contributed by atoms with E-state index in [9.17, 15) is 38.4 Å². The standard InChI is InChI=1S/C72H92I4O24/c1-9-85-65(77)37-93-57-33-58(94-38-66(78)86-10-2)50-29-49(57)45(21-17-25-73)51-30-52(60(96-40-68(80)88-12-4)34-59(51)95-39-67(79)87-11-3)47(23-19-27-75)55-32-56(64(100-44-72(84)92-16-8)36-63(55)99-43-71(83)91-15-7)48(24-20-28-76)54-31-53(46(50)22-18-26-74)61(97-41-69(81)89-13-5)35-62(54)98-42-70(82)90-14-6/h29-36,45-48H,9-28,37-44H2,1-8H3. The monoisotopic (exact) mass is 1850 g/mol. The van der Waals surface area contributed by atoms with Crippen LogP contribution in [-0.4, -0.2) is 171 Å². The van der Waals surface area contributed by atoms with Crippen LogP contribution in [0.1, 0.15) is 175 Å². The number of ether oxygens (including phenoxy) is 16. The molecule has 1 aliphatic rings. The summed E-state index contributed by atoms with van der Waals surface area (Å²) in [6.45, 7) is 9.05. The molecule has 4 aromatic rings. The van der Waals surface area contributed by atoms with E-state index in [0.29, 0.717) is 114 Å². The Bertz CT molecular complexity index is 2710. The molecular formula is C72H92I4O24. The molecule has 8 bridgehead atoms. The van der Waals surface area contributed by atoms with Crippen molar-refractivity contribution >= 4 is 138 Å². The second kappa shape index (κ2) is 46.5. The molecule has 0 saturated carbocycles. The molecule has 0 aromatic heterocycles. The van der Waals surface area contributed by atoms with E-state index in [0.717, 1.165) is 0 Å². The van der Waals surface area contributed by atoms with Crippen LogP contribution in [0.15, 0.2) is 48.5 Å². The molecule has 28 heteroatoms. The van der Waals surface area contributed by atoms with E-state index in [1.54, 1.807) is 79.7 Å². The van der Waals surface area contributed by atoms with Crippen LogP contribution in [0, 0.1) is 0 Å². The van der Waals surface area contributed by atoms with Crippen molar-refractivity contribution in [2.24, 2.45) is 0 Å². The predicted octanol–water partition coefficient (Wildman–Crippen LogP) is 12.9. The lowest BCUT2D eigenvalue weighted by Gasteiger charge is -2.32. The van der Waals surface area contributed by atoms with Crippen LogP contribution < -0.4 is 37.9 Å². The van der Waals surface area contributed by atoms with Crippen LogP contribution in [0.2, 0.25) is 0 Å². The van der Waals surface area contributed by atoms with Gasteiger partial charge in [-0.25, -0.2) is 38.4 Å². The number of esters is 8. The van der Waals surface area contributed by atoms with Crippen molar-refractivity contribution in [3.8, 4) is 46.0 Å². The van der Waals surface area contributed by atoms with Gasteiger partial charge in [0.25, 0.3) is 0 Å². The summed E-state index contributed by atoms with van der Waals surface area (Å²) in [5.74, 6) is -7.77. The Balaban J connectivity index is 2.30. The molecule has 0 saturated heterocycles.